The molecule has 7 nitrogen and oxygen atoms in total. The van der Waals surface area contributed by atoms with Crippen molar-refractivity contribution in [3.05, 3.63) is 76.8 Å². The van der Waals surface area contributed by atoms with Crippen molar-refractivity contribution in [3.8, 4) is 11.5 Å². The number of ether oxygens (including phenoxy) is 2. The van der Waals surface area contributed by atoms with Crippen LogP contribution in [0.1, 0.15) is 15.9 Å². The van der Waals surface area contributed by atoms with Gasteiger partial charge in [-0.05, 0) is 55.0 Å². The van der Waals surface area contributed by atoms with Crippen LogP contribution < -0.4 is 19.5 Å². The maximum Gasteiger partial charge on any atom is 0.263 e. The predicted molar refractivity (Wildman–Crippen MR) is 121 cm³/mol. The molecule has 1 amide bonds. The molecule has 0 saturated heterocycles. The first-order valence-corrected chi connectivity index (χ1v) is 11.0. The summed E-state index contributed by atoms with van der Waals surface area (Å²) in [7, 11) is -1.03. The summed E-state index contributed by atoms with van der Waals surface area (Å²) >= 11 is 6.14. The summed E-state index contributed by atoms with van der Waals surface area (Å²) < 4.78 is 38.7. The quantitative estimate of drug-likeness (QED) is 0.532. The molecule has 0 aliphatic heterocycles. The van der Waals surface area contributed by atoms with Gasteiger partial charge in [0.25, 0.3) is 15.9 Å². The number of halogens is 1. The van der Waals surface area contributed by atoms with E-state index in [-0.39, 0.29) is 15.5 Å². The third kappa shape index (κ3) is 5.28. The number of rotatable bonds is 7. The zero-order valence-corrected chi connectivity index (χ0v) is 18.7. The minimum Gasteiger partial charge on any atom is -0.497 e. The highest BCUT2D eigenvalue weighted by atomic mass is 35.5. The molecule has 0 heterocycles. The maximum atomic E-state index is 12.9. The minimum atomic E-state index is -4.01. The van der Waals surface area contributed by atoms with Crippen LogP contribution in [-0.4, -0.2) is 28.5 Å². The molecule has 3 aromatic carbocycles. The number of hydrogen-bond acceptors (Lipinski definition) is 5. The van der Waals surface area contributed by atoms with Crippen molar-refractivity contribution in [2.45, 2.75) is 11.8 Å². The molecule has 0 spiro atoms. The van der Waals surface area contributed by atoms with Crippen molar-refractivity contribution in [2.24, 2.45) is 0 Å². The first kappa shape index (κ1) is 22.5. The van der Waals surface area contributed by atoms with Crippen LogP contribution in [0.5, 0.6) is 11.5 Å². The summed E-state index contributed by atoms with van der Waals surface area (Å²) in [5.74, 6) is 0.444. The molecule has 0 saturated carbocycles. The van der Waals surface area contributed by atoms with Crippen LogP contribution in [0.2, 0.25) is 5.02 Å². The van der Waals surface area contributed by atoms with Crippen LogP contribution in [0.4, 0.5) is 11.4 Å². The summed E-state index contributed by atoms with van der Waals surface area (Å²) in [4.78, 5) is 12.6. The Morgan fingerprint density at radius 1 is 0.968 bits per heavy atom. The minimum absolute atomic E-state index is 0.00117. The maximum absolute atomic E-state index is 12.9. The van der Waals surface area contributed by atoms with Crippen LogP contribution in [0, 0.1) is 6.92 Å². The van der Waals surface area contributed by atoms with Gasteiger partial charge in [0, 0.05) is 17.3 Å². The number of anilines is 2. The number of methoxy groups -OCH3 is 2. The first-order chi connectivity index (χ1) is 14.7. The topological polar surface area (TPSA) is 93.7 Å². The van der Waals surface area contributed by atoms with Gasteiger partial charge >= 0.3 is 0 Å². The number of benzene rings is 3. The van der Waals surface area contributed by atoms with Gasteiger partial charge < -0.3 is 14.8 Å². The normalized spacial score (nSPS) is 11.0. The Hall–Kier alpha value is -3.23. The average molecular weight is 461 g/mol. The Balaban J connectivity index is 1.89. The number of carbonyl (C=O) groups is 1. The van der Waals surface area contributed by atoms with E-state index in [4.69, 9.17) is 21.1 Å². The molecule has 31 heavy (non-hydrogen) atoms. The number of carbonyl (C=O) groups excluding carboxylic acids is 1. The van der Waals surface area contributed by atoms with E-state index >= 15 is 0 Å². The number of amides is 1. The molecule has 3 aromatic rings. The van der Waals surface area contributed by atoms with Crippen LogP contribution in [0.3, 0.4) is 0 Å². The number of sulfonamides is 1. The second-order valence-corrected chi connectivity index (χ2v) is 8.70. The molecule has 0 aliphatic rings. The van der Waals surface area contributed by atoms with Crippen LogP contribution >= 0.6 is 11.6 Å². The molecule has 0 fully saturated rings. The molecule has 0 unspecified atom stereocenters. The number of hydrogen-bond donors (Lipinski definition) is 2. The fourth-order valence-corrected chi connectivity index (χ4v) is 4.44. The number of nitrogens with one attached hydrogen (secondary N) is 2. The Morgan fingerprint density at radius 2 is 1.74 bits per heavy atom. The lowest BCUT2D eigenvalue weighted by atomic mass is 10.2. The molecular weight excluding hydrogens is 440 g/mol. The molecule has 0 bridgehead atoms. The van der Waals surface area contributed by atoms with Crippen LogP contribution in [-0.2, 0) is 10.0 Å². The first-order valence-electron chi connectivity index (χ1n) is 9.16. The van der Waals surface area contributed by atoms with E-state index in [1.54, 1.807) is 36.4 Å². The van der Waals surface area contributed by atoms with E-state index in [1.165, 1.54) is 32.4 Å². The summed E-state index contributed by atoms with van der Waals surface area (Å²) in [6.45, 7) is 1.85. The fraction of sp³-hybridized carbons (Fsp3) is 0.136. The lowest BCUT2D eigenvalue weighted by Crippen LogP contribution is -2.17. The third-order valence-corrected chi connectivity index (χ3v) is 6.27. The summed E-state index contributed by atoms with van der Waals surface area (Å²) in [5.41, 5.74) is 1.82. The Labute approximate surface area is 186 Å². The molecule has 2 N–H and O–H groups in total. The smallest absolute Gasteiger partial charge is 0.263 e. The van der Waals surface area contributed by atoms with Gasteiger partial charge in [0.1, 0.15) is 16.4 Å². The van der Waals surface area contributed by atoms with E-state index < -0.39 is 15.9 Å². The molecular formula is C22H21ClN2O5S. The highest BCUT2D eigenvalue weighted by Gasteiger charge is 2.21. The van der Waals surface area contributed by atoms with E-state index in [2.05, 4.69) is 10.0 Å². The molecule has 0 atom stereocenters. The van der Waals surface area contributed by atoms with Crippen molar-refractivity contribution in [1.82, 2.24) is 0 Å². The Bertz CT molecular complexity index is 1230. The Morgan fingerprint density at radius 3 is 2.42 bits per heavy atom. The monoisotopic (exact) mass is 460 g/mol. The van der Waals surface area contributed by atoms with Crippen LogP contribution in [0.25, 0.3) is 0 Å². The number of aryl methyl sites for hydroxylation is 1. The molecule has 0 aromatic heterocycles. The molecule has 3 rings (SSSR count). The van der Waals surface area contributed by atoms with E-state index in [1.807, 2.05) is 13.0 Å². The van der Waals surface area contributed by atoms with Crippen molar-refractivity contribution < 1.29 is 22.7 Å². The standard InChI is InChI=1S/C22H21ClN2O5S/c1-14-5-4-6-16(11-14)25-31(27,28)21-12-15(7-9-18(21)23)22(26)24-19-10-8-17(29-2)13-20(19)30-3/h4-13,25H,1-3H3,(H,24,26). The fourth-order valence-electron chi connectivity index (χ4n) is 2.87. The molecule has 0 radical (unpaired) electrons. The third-order valence-electron chi connectivity index (χ3n) is 4.41. The largest absolute Gasteiger partial charge is 0.497 e. The van der Waals surface area contributed by atoms with Gasteiger partial charge in [-0.3, -0.25) is 9.52 Å². The van der Waals surface area contributed by atoms with Gasteiger partial charge in [0.2, 0.25) is 0 Å². The summed E-state index contributed by atoms with van der Waals surface area (Å²) in [5, 5.41) is 2.71. The SMILES string of the molecule is COc1ccc(NC(=O)c2ccc(Cl)c(S(=O)(=O)Nc3cccc(C)c3)c2)c(OC)c1. The highest BCUT2D eigenvalue weighted by Crippen LogP contribution is 2.30. The molecule has 162 valence electrons. The van der Waals surface area contributed by atoms with E-state index in [9.17, 15) is 13.2 Å². The van der Waals surface area contributed by atoms with Crippen molar-refractivity contribution in [3.63, 3.8) is 0 Å². The summed E-state index contributed by atoms with van der Waals surface area (Å²) in [6.07, 6.45) is 0. The van der Waals surface area contributed by atoms with Gasteiger partial charge in [-0.2, -0.15) is 0 Å². The second-order valence-electron chi connectivity index (χ2n) is 6.64. The average Bonchev–Trinajstić information content (AvgIpc) is 2.73. The van der Waals surface area contributed by atoms with Gasteiger partial charge in [-0.15, -0.1) is 0 Å². The zero-order valence-electron chi connectivity index (χ0n) is 17.1. The lowest BCUT2D eigenvalue weighted by Gasteiger charge is -2.13. The van der Waals surface area contributed by atoms with E-state index in [0.29, 0.717) is 22.9 Å². The van der Waals surface area contributed by atoms with Gasteiger partial charge in [-0.1, -0.05) is 23.7 Å². The van der Waals surface area contributed by atoms with Crippen molar-refractivity contribution >= 4 is 38.9 Å². The molecule has 9 heteroatoms. The predicted octanol–water partition coefficient (Wildman–Crippen LogP) is 4.72. The Kier molecular flexibility index (Phi) is 6.72. The molecule has 0 aliphatic carbocycles. The van der Waals surface area contributed by atoms with E-state index in [0.717, 1.165) is 5.56 Å². The lowest BCUT2D eigenvalue weighted by molar-refractivity contribution is 0.102. The van der Waals surface area contributed by atoms with Crippen molar-refractivity contribution in [1.29, 1.82) is 0 Å². The highest BCUT2D eigenvalue weighted by molar-refractivity contribution is 7.92. The van der Waals surface area contributed by atoms with Gasteiger partial charge in [0.15, 0.2) is 0 Å². The van der Waals surface area contributed by atoms with Crippen molar-refractivity contribution in [2.75, 3.05) is 24.3 Å². The van der Waals surface area contributed by atoms with Gasteiger partial charge in [0.05, 0.1) is 24.9 Å². The zero-order chi connectivity index (χ0) is 22.6. The van der Waals surface area contributed by atoms with Gasteiger partial charge in [-0.25, -0.2) is 8.42 Å². The second kappa shape index (κ2) is 9.28. The van der Waals surface area contributed by atoms with Crippen LogP contribution in [0.15, 0.2) is 65.6 Å². The summed E-state index contributed by atoms with van der Waals surface area (Å²) in [6, 6.07) is 15.9.